The van der Waals surface area contributed by atoms with E-state index in [-0.39, 0.29) is 11.1 Å². The molecule has 2 aromatic carbocycles. The van der Waals surface area contributed by atoms with E-state index in [0.29, 0.717) is 13.2 Å². The Morgan fingerprint density at radius 2 is 1.50 bits per heavy atom. The van der Waals surface area contributed by atoms with Crippen molar-refractivity contribution >= 4 is 8.32 Å². The van der Waals surface area contributed by atoms with Crippen LogP contribution >= 0.6 is 0 Å². The molecule has 0 aliphatic heterocycles. The summed E-state index contributed by atoms with van der Waals surface area (Å²) in [7, 11) is -1.89. The van der Waals surface area contributed by atoms with Gasteiger partial charge < -0.3 is 14.8 Å². The van der Waals surface area contributed by atoms with Crippen molar-refractivity contribution in [3.63, 3.8) is 0 Å². The van der Waals surface area contributed by atoms with Crippen LogP contribution in [-0.2, 0) is 11.0 Å². The summed E-state index contributed by atoms with van der Waals surface area (Å²) in [6.45, 7) is 12.1. The largest absolute Gasteiger partial charge is 0.414 e. The van der Waals surface area contributed by atoms with Crippen molar-refractivity contribution in [1.82, 2.24) is 5.32 Å². The van der Waals surface area contributed by atoms with Crippen LogP contribution in [0.15, 0.2) is 60.7 Å². The predicted molar refractivity (Wildman–Crippen MR) is 112 cm³/mol. The van der Waals surface area contributed by atoms with Gasteiger partial charge in [0.1, 0.15) is 0 Å². The van der Waals surface area contributed by atoms with Crippen molar-refractivity contribution in [3.8, 4) is 0 Å². The zero-order valence-corrected chi connectivity index (χ0v) is 17.7. The zero-order chi connectivity index (χ0) is 19.2. The van der Waals surface area contributed by atoms with Crippen molar-refractivity contribution in [2.24, 2.45) is 0 Å². The number of rotatable bonds is 8. The monoisotopic (exact) mass is 371 g/mol. The van der Waals surface area contributed by atoms with Gasteiger partial charge >= 0.3 is 0 Å². The summed E-state index contributed by atoms with van der Waals surface area (Å²) in [5.74, 6) is 0. The van der Waals surface area contributed by atoms with E-state index in [1.807, 2.05) is 36.4 Å². The van der Waals surface area contributed by atoms with Gasteiger partial charge in [-0.05, 0) is 29.3 Å². The molecule has 2 aromatic rings. The summed E-state index contributed by atoms with van der Waals surface area (Å²) in [6, 6.07) is 20.2. The van der Waals surface area contributed by atoms with Crippen LogP contribution < -0.4 is 5.32 Å². The molecule has 0 saturated heterocycles. The quantitative estimate of drug-likeness (QED) is 0.649. The normalized spacial score (nSPS) is 14.8. The molecule has 0 fully saturated rings. The zero-order valence-electron chi connectivity index (χ0n) is 16.7. The molecule has 0 heterocycles. The van der Waals surface area contributed by atoms with Crippen LogP contribution in [-0.4, -0.2) is 26.1 Å². The predicted octanol–water partition coefficient (Wildman–Crippen LogP) is 4.90. The highest BCUT2D eigenvalue weighted by Crippen LogP contribution is 2.36. The first kappa shape index (κ1) is 20.8. The summed E-state index contributed by atoms with van der Waals surface area (Å²) < 4.78 is 6.26. The number of aliphatic hydroxyl groups is 1. The molecule has 0 bridgehead atoms. The van der Waals surface area contributed by atoms with Crippen LogP contribution in [0.25, 0.3) is 0 Å². The Morgan fingerprint density at radius 1 is 0.962 bits per heavy atom. The van der Waals surface area contributed by atoms with Gasteiger partial charge in [-0.15, -0.1) is 0 Å². The third kappa shape index (κ3) is 5.78. The first-order valence-electron chi connectivity index (χ1n) is 9.35. The van der Waals surface area contributed by atoms with Crippen molar-refractivity contribution < 1.29 is 9.53 Å². The lowest BCUT2D eigenvalue weighted by Gasteiger charge is -2.37. The fourth-order valence-corrected chi connectivity index (χ4v) is 3.59. The fraction of sp³-hybridized carbons (Fsp3) is 0.455. The van der Waals surface area contributed by atoms with Crippen LogP contribution in [0.3, 0.4) is 0 Å². The molecule has 0 aliphatic rings. The lowest BCUT2D eigenvalue weighted by Crippen LogP contribution is -2.44. The summed E-state index contributed by atoms with van der Waals surface area (Å²) in [5.41, 5.74) is 2.28. The van der Waals surface area contributed by atoms with E-state index in [4.69, 9.17) is 4.43 Å². The van der Waals surface area contributed by atoms with Gasteiger partial charge in [-0.1, -0.05) is 81.4 Å². The van der Waals surface area contributed by atoms with Crippen LogP contribution in [0.2, 0.25) is 18.1 Å². The third-order valence-electron chi connectivity index (χ3n) is 5.33. The molecular weight excluding hydrogens is 338 g/mol. The second-order valence-electron chi connectivity index (χ2n) is 8.39. The van der Waals surface area contributed by atoms with Gasteiger partial charge in [0.2, 0.25) is 0 Å². The van der Waals surface area contributed by atoms with E-state index in [9.17, 15) is 5.11 Å². The minimum atomic E-state index is -1.89. The highest BCUT2D eigenvalue weighted by atomic mass is 28.4. The molecule has 2 atom stereocenters. The smallest absolute Gasteiger partial charge is 0.192 e. The van der Waals surface area contributed by atoms with Crippen LogP contribution in [0.5, 0.6) is 0 Å². The SMILES string of the molecule is CC(C)(C)[Si](C)(C)OC[C@@H](O)[C@@H](NCc1ccccc1)c1ccccc1. The summed E-state index contributed by atoms with van der Waals surface area (Å²) in [6.07, 6.45) is -0.602. The van der Waals surface area contributed by atoms with E-state index < -0.39 is 14.4 Å². The molecule has 0 aromatic heterocycles. The minimum absolute atomic E-state index is 0.131. The minimum Gasteiger partial charge on any atom is -0.414 e. The number of hydrogen-bond acceptors (Lipinski definition) is 3. The molecular formula is C22H33NO2Si. The lowest BCUT2D eigenvalue weighted by atomic mass is 10.0. The summed E-state index contributed by atoms with van der Waals surface area (Å²) in [5, 5.41) is 14.5. The first-order chi connectivity index (χ1) is 12.2. The molecule has 142 valence electrons. The fourth-order valence-electron chi connectivity index (χ4n) is 2.57. The molecule has 0 radical (unpaired) electrons. The number of hydrogen-bond donors (Lipinski definition) is 2. The molecule has 2 rings (SSSR count). The topological polar surface area (TPSA) is 41.5 Å². The van der Waals surface area contributed by atoms with Gasteiger partial charge in [0.25, 0.3) is 0 Å². The molecule has 3 nitrogen and oxygen atoms in total. The summed E-state index contributed by atoms with van der Waals surface area (Å²) >= 11 is 0. The number of benzene rings is 2. The van der Waals surface area contributed by atoms with E-state index in [0.717, 1.165) is 5.56 Å². The van der Waals surface area contributed by atoms with E-state index >= 15 is 0 Å². The van der Waals surface area contributed by atoms with Crippen molar-refractivity contribution in [2.45, 2.75) is 57.6 Å². The van der Waals surface area contributed by atoms with E-state index in [2.05, 4.69) is 63.4 Å². The van der Waals surface area contributed by atoms with Gasteiger partial charge in [0, 0.05) is 6.54 Å². The van der Waals surface area contributed by atoms with Gasteiger partial charge in [0.15, 0.2) is 8.32 Å². The average molecular weight is 372 g/mol. The standard InChI is InChI=1S/C22H33NO2Si/c1-22(2,3)26(4,5)25-17-20(24)21(19-14-10-7-11-15-19)23-16-18-12-8-6-9-13-18/h6-15,20-21,23-24H,16-17H2,1-5H3/t20-,21+/m1/s1. The number of aliphatic hydroxyl groups excluding tert-OH is 1. The van der Waals surface area contributed by atoms with Crippen LogP contribution in [0, 0.1) is 0 Å². The maximum atomic E-state index is 10.9. The Bertz CT molecular complexity index is 653. The maximum absolute atomic E-state index is 10.9. The van der Waals surface area contributed by atoms with Gasteiger partial charge in [0.05, 0.1) is 18.8 Å². The Labute approximate surface area is 159 Å². The van der Waals surface area contributed by atoms with Crippen molar-refractivity contribution in [2.75, 3.05) is 6.61 Å². The van der Waals surface area contributed by atoms with Crippen molar-refractivity contribution in [1.29, 1.82) is 0 Å². The molecule has 0 spiro atoms. The molecule has 26 heavy (non-hydrogen) atoms. The van der Waals surface area contributed by atoms with E-state index in [1.54, 1.807) is 0 Å². The third-order valence-corrected chi connectivity index (χ3v) is 9.83. The number of nitrogens with one attached hydrogen (secondary N) is 1. The molecule has 0 unspecified atom stereocenters. The molecule has 4 heteroatoms. The molecule has 0 saturated carbocycles. The Kier molecular flexibility index (Phi) is 7.18. The first-order valence-corrected chi connectivity index (χ1v) is 12.3. The lowest BCUT2D eigenvalue weighted by molar-refractivity contribution is 0.0663. The molecule has 0 aliphatic carbocycles. The second-order valence-corrected chi connectivity index (χ2v) is 13.2. The van der Waals surface area contributed by atoms with Crippen molar-refractivity contribution in [3.05, 3.63) is 71.8 Å². The Balaban J connectivity index is 2.08. The Hall–Kier alpha value is -1.46. The highest BCUT2D eigenvalue weighted by molar-refractivity contribution is 6.74. The van der Waals surface area contributed by atoms with Gasteiger partial charge in [-0.25, -0.2) is 0 Å². The Morgan fingerprint density at radius 3 is 2.04 bits per heavy atom. The average Bonchev–Trinajstić information content (AvgIpc) is 2.61. The maximum Gasteiger partial charge on any atom is 0.192 e. The van der Waals surface area contributed by atoms with Crippen LogP contribution in [0.4, 0.5) is 0 Å². The highest BCUT2D eigenvalue weighted by Gasteiger charge is 2.38. The van der Waals surface area contributed by atoms with Crippen LogP contribution in [0.1, 0.15) is 37.9 Å². The molecule has 0 amide bonds. The van der Waals surface area contributed by atoms with Gasteiger partial charge in [-0.3, -0.25) is 0 Å². The van der Waals surface area contributed by atoms with E-state index in [1.165, 1.54) is 5.56 Å². The van der Waals surface area contributed by atoms with Gasteiger partial charge in [-0.2, -0.15) is 0 Å². The summed E-state index contributed by atoms with van der Waals surface area (Å²) in [4.78, 5) is 0. The molecule has 2 N–H and O–H groups in total. The second kappa shape index (κ2) is 8.96.